The van der Waals surface area contributed by atoms with Crippen molar-refractivity contribution in [3.63, 3.8) is 0 Å². The minimum atomic E-state index is 0.561. The molecule has 20 heavy (non-hydrogen) atoms. The Kier molecular flexibility index (Phi) is 8.51. The summed E-state index contributed by atoms with van der Waals surface area (Å²) in [4.78, 5) is 2.30. The fourth-order valence-corrected chi connectivity index (χ4v) is 2.21. The van der Waals surface area contributed by atoms with E-state index in [1.165, 1.54) is 17.5 Å². The third kappa shape index (κ3) is 7.63. The van der Waals surface area contributed by atoms with Crippen LogP contribution in [0.1, 0.15) is 24.5 Å². The van der Waals surface area contributed by atoms with Gasteiger partial charge in [-0.15, -0.1) is 0 Å². The summed E-state index contributed by atoms with van der Waals surface area (Å²) in [7, 11) is 3.89. The monoisotopic (exact) mass is 278 g/mol. The lowest BCUT2D eigenvalue weighted by Crippen LogP contribution is -2.35. The number of hydrogen-bond donors (Lipinski definition) is 1. The van der Waals surface area contributed by atoms with E-state index in [9.17, 15) is 0 Å². The molecule has 0 aliphatic carbocycles. The molecule has 0 radical (unpaired) electrons. The zero-order valence-electron chi connectivity index (χ0n) is 13.5. The molecule has 0 fully saturated rings. The maximum Gasteiger partial charge on any atom is 0.0589 e. The van der Waals surface area contributed by atoms with Crippen LogP contribution in [0.5, 0.6) is 0 Å². The smallest absolute Gasteiger partial charge is 0.0589 e. The van der Waals surface area contributed by atoms with E-state index in [-0.39, 0.29) is 0 Å². The fourth-order valence-electron chi connectivity index (χ4n) is 2.21. The molecule has 0 amide bonds. The zero-order valence-corrected chi connectivity index (χ0v) is 13.5. The minimum absolute atomic E-state index is 0.561. The number of nitrogens with zero attached hydrogens (tertiary/aromatic N) is 1. The molecule has 0 saturated carbocycles. The Hall–Kier alpha value is -0.900. The van der Waals surface area contributed by atoms with Crippen LogP contribution in [-0.4, -0.2) is 51.3 Å². The number of nitrogens with one attached hydrogen (secondary N) is 1. The molecule has 114 valence electrons. The third-order valence-corrected chi connectivity index (χ3v) is 3.61. The van der Waals surface area contributed by atoms with Gasteiger partial charge in [-0.1, -0.05) is 29.8 Å². The van der Waals surface area contributed by atoms with Crippen LogP contribution in [0.3, 0.4) is 0 Å². The van der Waals surface area contributed by atoms with Gasteiger partial charge in [-0.25, -0.2) is 0 Å². The van der Waals surface area contributed by atoms with Crippen LogP contribution in [0, 0.1) is 6.92 Å². The Bertz CT molecular complexity index is 368. The Labute approximate surface area is 124 Å². The predicted molar refractivity (Wildman–Crippen MR) is 86.3 cm³/mol. The molecule has 0 bridgehead atoms. The molecule has 0 aliphatic heterocycles. The minimum Gasteiger partial charge on any atom is -0.383 e. The van der Waals surface area contributed by atoms with Gasteiger partial charge in [0.25, 0.3) is 0 Å². The molecular formula is C17H30N2O. The van der Waals surface area contributed by atoms with E-state index in [1.807, 2.05) is 0 Å². The van der Waals surface area contributed by atoms with Crippen molar-refractivity contribution in [2.75, 3.05) is 40.4 Å². The van der Waals surface area contributed by atoms with E-state index in [2.05, 4.69) is 55.4 Å². The highest BCUT2D eigenvalue weighted by Crippen LogP contribution is 2.07. The molecule has 1 aromatic carbocycles. The quantitative estimate of drug-likeness (QED) is 0.711. The van der Waals surface area contributed by atoms with Crippen LogP contribution in [0.4, 0.5) is 0 Å². The van der Waals surface area contributed by atoms with Gasteiger partial charge < -0.3 is 15.0 Å². The summed E-state index contributed by atoms with van der Waals surface area (Å²) >= 11 is 0. The van der Waals surface area contributed by atoms with Crippen molar-refractivity contribution in [2.24, 2.45) is 0 Å². The van der Waals surface area contributed by atoms with Crippen molar-refractivity contribution < 1.29 is 4.74 Å². The lowest BCUT2D eigenvalue weighted by molar-refractivity contribution is 0.161. The first kappa shape index (κ1) is 17.2. The molecule has 1 rings (SSSR count). The largest absolute Gasteiger partial charge is 0.383 e. The number of ether oxygens (including phenoxy) is 1. The maximum absolute atomic E-state index is 5.08. The second-order valence-corrected chi connectivity index (χ2v) is 5.68. The Morgan fingerprint density at radius 3 is 2.80 bits per heavy atom. The summed E-state index contributed by atoms with van der Waals surface area (Å²) in [5.74, 6) is 0. The Morgan fingerprint density at radius 2 is 2.10 bits per heavy atom. The van der Waals surface area contributed by atoms with Gasteiger partial charge in [-0.2, -0.15) is 0 Å². The highest BCUT2D eigenvalue weighted by atomic mass is 16.5. The number of benzene rings is 1. The molecule has 3 heteroatoms. The van der Waals surface area contributed by atoms with Crippen molar-refractivity contribution in [1.29, 1.82) is 0 Å². The highest BCUT2D eigenvalue weighted by Gasteiger charge is 2.03. The average Bonchev–Trinajstić information content (AvgIpc) is 2.43. The van der Waals surface area contributed by atoms with Gasteiger partial charge in [0.15, 0.2) is 0 Å². The molecule has 0 saturated heterocycles. The van der Waals surface area contributed by atoms with Crippen LogP contribution in [0.25, 0.3) is 0 Å². The van der Waals surface area contributed by atoms with Crippen molar-refractivity contribution in [2.45, 2.75) is 32.7 Å². The van der Waals surface area contributed by atoms with Crippen LogP contribution in [0.15, 0.2) is 24.3 Å². The van der Waals surface area contributed by atoms with Crippen molar-refractivity contribution in [1.82, 2.24) is 10.2 Å². The number of methoxy groups -OCH3 is 1. The Morgan fingerprint density at radius 1 is 1.30 bits per heavy atom. The first-order chi connectivity index (χ1) is 9.61. The van der Waals surface area contributed by atoms with E-state index in [1.54, 1.807) is 7.11 Å². The van der Waals surface area contributed by atoms with Crippen LogP contribution < -0.4 is 5.32 Å². The maximum atomic E-state index is 5.08. The van der Waals surface area contributed by atoms with E-state index in [0.717, 1.165) is 32.7 Å². The molecule has 0 aliphatic rings. The van der Waals surface area contributed by atoms with E-state index in [0.29, 0.717) is 6.04 Å². The summed E-state index contributed by atoms with van der Waals surface area (Å²) in [5, 5.41) is 3.59. The predicted octanol–water partition coefficient (Wildman–Crippen LogP) is 2.48. The van der Waals surface area contributed by atoms with Gasteiger partial charge in [0.2, 0.25) is 0 Å². The second-order valence-electron chi connectivity index (χ2n) is 5.68. The highest BCUT2D eigenvalue weighted by molar-refractivity contribution is 5.22. The van der Waals surface area contributed by atoms with E-state index in [4.69, 9.17) is 4.74 Å². The number of hydrogen-bond acceptors (Lipinski definition) is 3. The van der Waals surface area contributed by atoms with Crippen LogP contribution in [0.2, 0.25) is 0 Å². The topological polar surface area (TPSA) is 24.5 Å². The van der Waals surface area contributed by atoms with E-state index >= 15 is 0 Å². The number of aryl methyl sites for hydroxylation is 2. The number of likely N-dealkylation sites (N-methyl/N-ethyl adjacent to an activating group) is 1. The van der Waals surface area contributed by atoms with Gasteiger partial charge in [0.05, 0.1) is 6.61 Å². The molecule has 1 aromatic rings. The first-order valence-electron chi connectivity index (χ1n) is 7.58. The van der Waals surface area contributed by atoms with Gasteiger partial charge in [0.1, 0.15) is 0 Å². The lowest BCUT2D eigenvalue weighted by atomic mass is 10.0. The summed E-state index contributed by atoms with van der Waals surface area (Å²) in [6, 6.07) is 9.37. The molecule has 3 nitrogen and oxygen atoms in total. The average molecular weight is 278 g/mol. The molecule has 1 atom stereocenters. The van der Waals surface area contributed by atoms with Crippen molar-refractivity contribution in [3.8, 4) is 0 Å². The molecule has 0 aromatic heterocycles. The molecule has 0 heterocycles. The van der Waals surface area contributed by atoms with Gasteiger partial charge in [0, 0.05) is 32.8 Å². The van der Waals surface area contributed by atoms with Crippen molar-refractivity contribution in [3.05, 3.63) is 35.4 Å². The third-order valence-electron chi connectivity index (χ3n) is 3.61. The first-order valence-corrected chi connectivity index (χ1v) is 7.58. The fraction of sp³-hybridized carbons (Fsp3) is 0.647. The lowest BCUT2D eigenvalue weighted by Gasteiger charge is -2.19. The molecule has 1 unspecified atom stereocenters. The summed E-state index contributed by atoms with van der Waals surface area (Å²) in [5.41, 5.74) is 2.79. The number of rotatable bonds is 10. The van der Waals surface area contributed by atoms with Crippen LogP contribution >= 0.6 is 0 Å². The van der Waals surface area contributed by atoms with Gasteiger partial charge in [-0.05, 0) is 39.3 Å². The summed E-state index contributed by atoms with van der Waals surface area (Å²) < 4.78 is 5.08. The second kappa shape index (κ2) is 9.92. The molecular weight excluding hydrogens is 248 g/mol. The van der Waals surface area contributed by atoms with E-state index < -0.39 is 0 Å². The zero-order chi connectivity index (χ0) is 14.8. The van der Waals surface area contributed by atoms with Crippen LogP contribution in [-0.2, 0) is 11.2 Å². The normalized spacial score (nSPS) is 12.8. The summed E-state index contributed by atoms with van der Waals surface area (Å²) in [6.45, 7) is 8.33. The standard InChI is InChI=1S/C17H30N2O/c1-15-6-5-7-17(14-15)9-8-16(2)18-10-11-19(3)12-13-20-4/h5-7,14,16,18H,8-13H2,1-4H3. The Balaban J connectivity index is 2.12. The molecule has 0 spiro atoms. The van der Waals surface area contributed by atoms with Gasteiger partial charge in [-0.3, -0.25) is 0 Å². The SMILES string of the molecule is COCCN(C)CCNC(C)CCc1cccc(C)c1. The summed E-state index contributed by atoms with van der Waals surface area (Å²) in [6.07, 6.45) is 2.33. The molecule has 1 N–H and O–H groups in total. The van der Waals surface area contributed by atoms with Crippen molar-refractivity contribution >= 4 is 0 Å². The van der Waals surface area contributed by atoms with Gasteiger partial charge >= 0.3 is 0 Å².